The molecule has 17 heavy (non-hydrogen) atoms. The predicted octanol–water partition coefficient (Wildman–Crippen LogP) is 0.749. The van der Waals surface area contributed by atoms with Gasteiger partial charge >= 0.3 is 5.97 Å². The molecule has 0 saturated carbocycles. The van der Waals surface area contributed by atoms with Crippen molar-refractivity contribution in [2.24, 2.45) is 0 Å². The summed E-state index contributed by atoms with van der Waals surface area (Å²) >= 11 is 0. The summed E-state index contributed by atoms with van der Waals surface area (Å²) in [7, 11) is -2.88. The van der Waals surface area contributed by atoms with Gasteiger partial charge < -0.3 is 5.11 Å². The molecule has 100 valence electrons. The summed E-state index contributed by atoms with van der Waals surface area (Å²) in [6.07, 6.45) is 1.98. The molecule has 1 atom stereocenters. The van der Waals surface area contributed by atoms with Crippen LogP contribution in [0.25, 0.3) is 0 Å². The van der Waals surface area contributed by atoms with E-state index in [2.05, 4.69) is 0 Å². The minimum absolute atomic E-state index is 0.000277. The fourth-order valence-electron chi connectivity index (χ4n) is 2.24. The number of hydrogen-bond donors (Lipinski definition) is 1. The van der Waals surface area contributed by atoms with Gasteiger partial charge in [-0.25, -0.2) is 8.42 Å². The molecule has 0 bridgehead atoms. The highest BCUT2D eigenvalue weighted by Gasteiger charge is 2.30. The maximum atomic E-state index is 11.3. The molecule has 0 amide bonds. The molecule has 1 heterocycles. The molecule has 1 N–H and O–H groups in total. The third-order valence-electron chi connectivity index (χ3n) is 3.47. The number of sulfone groups is 1. The van der Waals surface area contributed by atoms with E-state index in [0.717, 1.165) is 6.42 Å². The molecule has 1 rings (SSSR count). The van der Waals surface area contributed by atoms with Crippen molar-refractivity contribution in [2.75, 3.05) is 18.1 Å². The standard InChI is InChI=1S/C11H21NO4S/c1-3-9(2)12(8-11(13)14)10-4-6-17(15,16)7-5-10/h9-10H,3-8H2,1-2H3,(H,13,14). The van der Waals surface area contributed by atoms with Gasteiger partial charge in [0.15, 0.2) is 0 Å². The van der Waals surface area contributed by atoms with Crippen LogP contribution in [-0.2, 0) is 14.6 Å². The van der Waals surface area contributed by atoms with Crippen LogP contribution in [0.1, 0.15) is 33.1 Å². The Morgan fingerprint density at radius 2 is 1.94 bits per heavy atom. The molecule has 0 spiro atoms. The number of hydrogen-bond acceptors (Lipinski definition) is 4. The second kappa shape index (κ2) is 5.82. The summed E-state index contributed by atoms with van der Waals surface area (Å²) in [4.78, 5) is 12.8. The Labute approximate surface area is 103 Å². The van der Waals surface area contributed by atoms with Gasteiger partial charge in [-0.15, -0.1) is 0 Å². The first-order valence-electron chi connectivity index (χ1n) is 6.03. The van der Waals surface area contributed by atoms with Crippen LogP contribution in [0.3, 0.4) is 0 Å². The van der Waals surface area contributed by atoms with Gasteiger partial charge in [0, 0.05) is 12.1 Å². The smallest absolute Gasteiger partial charge is 0.317 e. The zero-order valence-corrected chi connectivity index (χ0v) is 11.2. The zero-order valence-electron chi connectivity index (χ0n) is 10.4. The molecule has 5 nitrogen and oxygen atoms in total. The van der Waals surface area contributed by atoms with Gasteiger partial charge in [0.05, 0.1) is 18.1 Å². The second-order valence-electron chi connectivity index (χ2n) is 4.71. The summed E-state index contributed by atoms with van der Waals surface area (Å²) in [6.45, 7) is 4.00. The van der Waals surface area contributed by atoms with Crippen LogP contribution in [0.15, 0.2) is 0 Å². The van der Waals surface area contributed by atoms with Gasteiger partial charge in [-0.3, -0.25) is 9.69 Å². The van der Waals surface area contributed by atoms with Crippen LogP contribution in [-0.4, -0.2) is 54.5 Å². The molecule has 0 aromatic heterocycles. The van der Waals surface area contributed by atoms with Crippen molar-refractivity contribution in [3.8, 4) is 0 Å². The molecule has 1 saturated heterocycles. The van der Waals surface area contributed by atoms with E-state index in [1.807, 2.05) is 18.7 Å². The number of rotatable bonds is 5. The Morgan fingerprint density at radius 3 is 2.35 bits per heavy atom. The van der Waals surface area contributed by atoms with Gasteiger partial charge in [-0.05, 0) is 26.2 Å². The number of carboxylic acid groups (broad SMARTS) is 1. The van der Waals surface area contributed by atoms with Gasteiger partial charge in [0.2, 0.25) is 0 Å². The van der Waals surface area contributed by atoms with Crippen molar-refractivity contribution in [2.45, 2.75) is 45.2 Å². The van der Waals surface area contributed by atoms with E-state index in [1.54, 1.807) is 0 Å². The molecule has 1 unspecified atom stereocenters. The predicted molar refractivity (Wildman–Crippen MR) is 65.8 cm³/mol. The highest BCUT2D eigenvalue weighted by Crippen LogP contribution is 2.21. The SMILES string of the molecule is CCC(C)N(CC(=O)O)C1CCS(=O)(=O)CC1. The summed E-state index contributed by atoms with van der Waals surface area (Å²) in [6, 6.07) is 0.265. The Balaban J connectivity index is 2.68. The lowest BCUT2D eigenvalue weighted by Crippen LogP contribution is -2.47. The van der Waals surface area contributed by atoms with Crippen molar-refractivity contribution < 1.29 is 18.3 Å². The number of carbonyl (C=O) groups is 1. The average Bonchev–Trinajstić information content (AvgIpc) is 2.25. The summed E-state index contributed by atoms with van der Waals surface area (Å²) in [5.41, 5.74) is 0. The zero-order chi connectivity index (χ0) is 13.1. The van der Waals surface area contributed by atoms with E-state index in [1.165, 1.54) is 0 Å². The van der Waals surface area contributed by atoms with Crippen molar-refractivity contribution in [3.05, 3.63) is 0 Å². The molecule has 0 radical (unpaired) electrons. The monoisotopic (exact) mass is 263 g/mol. The molecule has 1 aliphatic rings. The van der Waals surface area contributed by atoms with E-state index in [9.17, 15) is 13.2 Å². The third kappa shape index (κ3) is 4.27. The van der Waals surface area contributed by atoms with Crippen molar-refractivity contribution >= 4 is 15.8 Å². The first kappa shape index (κ1) is 14.4. The maximum absolute atomic E-state index is 11.3. The summed E-state index contributed by atoms with van der Waals surface area (Å²) < 4.78 is 22.7. The molecule has 1 aliphatic heterocycles. The van der Waals surface area contributed by atoms with Crippen molar-refractivity contribution in [1.29, 1.82) is 0 Å². The van der Waals surface area contributed by atoms with E-state index in [-0.39, 0.29) is 30.1 Å². The van der Waals surface area contributed by atoms with Crippen LogP contribution in [0, 0.1) is 0 Å². The highest BCUT2D eigenvalue weighted by atomic mass is 32.2. The lowest BCUT2D eigenvalue weighted by molar-refractivity contribution is -0.139. The minimum atomic E-state index is -2.88. The molecule has 0 aliphatic carbocycles. The van der Waals surface area contributed by atoms with Crippen LogP contribution < -0.4 is 0 Å². The lowest BCUT2D eigenvalue weighted by Gasteiger charge is -2.37. The highest BCUT2D eigenvalue weighted by molar-refractivity contribution is 7.91. The van der Waals surface area contributed by atoms with Crippen molar-refractivity contribution in [3.63, 3.8) is 0 Å². The van der Waals surface area contributed by atoms with E-state index >= 15 is 0 Å². The van der Waals surface area contributed by atoms with Gasteiger partial charge in [-0.2, -0.15) is 0 Å². The van der Waals surface area contributed by atoms with E-state index in [4.69, 9.17) is 5.11 Å². The fraction of sp³-hybridized carbons (Fsp3) is 0.909. The number of aliphatic carboxylic acids is 1. The first-order valence-corrected chi connectivity index (χ1v) is 7.86. The molecule has 6 heteroatoms. The summed E-state index contributed by atoms with van der Waals surface area (Å²) in [5, 5.41) is 8.90. The molecule has 0 aromatic carbocycles. The quantitative estimate of drug-likeness (QED) is 0.792. The fourth-order valence-corrected chi connectivity index (χ4v) is 3.71. The topological polar surface area (TPSA) is 74.7 Å². The van der Waals surface area contributed by atoms with Crippen LogP contribution in [0.4, 0.5) is 0 Å². The Kier molecular flexibility index (Phi) is 4.94. The summed E-state index contributed by atoms with van der Waals surface area (Å²) in [5.74, 6) is -0.479. The largest absolute Gasteiger partial charge is 0.480 e. The number of carboxylic acids is 1. The molecular formula is C11H21NO4S. The second-order valence-corrected chi connectivity index (χ2v) is 7.01. The maximum Gasteiger partial charge on any atom is 0.317 e. The van der Waals surface area contributed by atoms with E-state index < -0.39 is 15.8 Å². The van der Waals surface area contributed by atoms with Gasteiger partial charge in [0.1, 0.15) is 9.84 Å². The Bertz CT molecular complexity index is 352. The van der Waals surface area contributed by atoms with E-state index in [0.29, 0.717) is 12.8 Å². The number of nitrogens with zero attached hydrogens (tertiary/aromatic N) is 1. The van der Waals surface area contributed by atoms with Crippen molar-refractivity contribution in [1.82, 2.24) is 4.90 Å². The Morgan fingerprint density at radius 1 is 1.41 bits per heavy atom. The molecule has 1 fully saturated rings. The minimum Gasteiger partial charge on any atom is -0.480 e. The average molecular weight is 263 g/mol. The third-order valence-corrected chi connectivity index (χ3v) is 5.18. The Hall–Kier alpha value is -0.620. The van der Waals surface area contributed by atoms with Crippen LogP contribution >= 0.6 is 0 Å². The lowest BCUT2D eigenvalue weighted by atomic mass is 10.1. The van der Waals surface area contributed by atoms with Crippen LogP contribution in [0.5, 0.6) is 0 Å². The van der Waals surface area contributed by atoms with Gasteiger partial charge in [0.25, 0.3) is 0 Å². The molecule has 0 aromatic rings. The van der Waals surface area contributed by atoms with Crippen LogP contribution in [0.2, 0.25) is 0 Å². The molecular weight excluding hydrogens is 242 g/mol. The normalized spacial score (nSPS) is 22.5. The first-order chi connectivity index (χ1) is 7.85. The van der Waals surface area contributed by atoms with Gasteiger partial charge in [-0.1, -0.05) is 6.92 Å².